The molecule has 0 saturated heterocycles. The highest BCUT2D eigenvalue weighted by molar-refractivity contribution is 5.90. The average Bonchev–Trinajstić information content (AvgIpc) is 2.82. The van der Waals surface area contributed by atoms with Gasteiger partial charge in [0, 0.05) is 5.41 Å². The predicted molar refractivity (Wildman–Crippen MR) is 92.6 cm³/mol. The number of fused-ring (bicyclic) bond motifs is 1. The van der Waals surface area contributed by atoms with Crippen molar-refractivity contribution in [1.29, 1.82) is 0 Å². The molecule has 1 aromatic carbocycles. The maximum absolute atomic E-state index is 2.46. The molecule has 5 aliphatic carbocycles. The summed E-state index contributed by atoms with van der Waals surface area (Å²) in [5.41, 5.74) is 6.77. The zero-order chi connectivity index (χ0) is 14.9. The van der Waals surface area contributed by atoms with E-state index in [4.69, 9.17) is 0 Å². The first-order valence-corrected chi connectivity index (χ1v) is 9.22. The van der Waals surface area contributed by atoms with Crippen LogP contribution in [0.4, 0.5) is 0 Å². The molecule has 0 N–H and O–H groups in total. The molecule has 5 aliphatic rings. The summed E-state index contributed by atoms with van der Waals surface area (Å²) in [4.78, 5) is 0. The third-order valence-corrected chi connectivity index (χ3v) is 7.40. The Morgan fingerprint density at radius 1 is 0.864 bits per heavy atom. The standard InChI is InChI=1S/C22H26/c1-3-18-19-7-5-6-8-21(19)22(20(18)4-2)16-10-14-9-15(12-16)13-17(22)11-14/h3-8,14-17H,9-13H2,1-2H3/b18-3-,20-4?. The monoisotopic (exact) mass is 290 g/mol. The smallest absolute Gasteiger partial charge is 0.0268 e. The summed E-state index contributed by atoms with van der Waals surface area (Å²) in [7, 11) is 0. The van der Waals surface area contributed by atoms with E-state index >= 15 is 0 Å². The summed E-state index contributed by atoms with van der Waals surface area (Å²) in [6, 6.07) is 9.33. The van der Waals surface area contributed by atoms with Crippen molar-refractivity contribution in [3.05, 3.63) is 53.1 Å². The van der Waals surface area contributed by atoms with E-state index in [9.17, 15) is 0 Å². The van der Waals surface area contributed by atoms with E-state index < -0.39 is 0 Å². The van der Waals surface area contributed by atoms with Crippen molar-refractivity contribution in [2.75, 3.05) is 0 Å². The molecule has 4 fully saturated rings. The van der Waals surface area contributed by atoms with Gasteiger partial charge < -0.3 is 0 Å². The fourth-order valence-electron chi connectivity index (χ4n) is 7.10. The second-order valence-corrected chi connectivity index (χ2v) is 8.12. The van der Waals surface area contributed by atoms with E-state index in [1.807, 2.05) is 0 Å². The van der Waals surface area contributed by atoms with Gasteiger partial charge in [-0.05, 0) is 91.9 Å². The molecule has 6 rings (SSSR count). The molecule has 1 aromatic rings. The van der Waals surface area contributed by atoms with Crippen molar-refractivity contribution < 1.29 is 0 Å². The van der Waals surface area contributed by atoms with E-state index in [2.05, 4.69) is 50.3 Å². The topological polar surface area (TPSA) is 0 Å². The highest BCUT2D eigenvalue weighted by Gasteiger charge is 2.62. The first-order valence-electron chi connectivity index (χ1n) is 9.22. The molecule has 0 nitrogen and oxygen atoms in total. The zero-order valence-corrected chi connectivity index (χ0v) is 13.8. The second-order valence-electron chi connectivity index (χ2n) is 8.12. The molecule has 0 aromatic heterocycles. The average molecular weight is 290 g/mol. The fraction of sp³-hybridized carbons (Fsp3) is 0.545. The van der Waals surface area contributed by atoms with Gasteiger partial charge in [0.15, 0.2) is 0 Å². The zero-order valence-electron chi connectivity index (χ0n) is 13.8. The summed E-state index contributed by atoms with van der Waals surface area (Å²) in [6.45, 7) is 4.50. The quantitative estimate of drug-likeness (QED) is 0.571. The Kier molecular flexibility index (Phi) is 2.62. The number of benzene rings is 1. The maximum Gasteiger partial charge on any atom is 0.0268 e. The Balaban J connectivity index is 1.80. The molecule has 0 heterocycles. The summed E-state index contributed by atoms with van der Waals surface area (Å²) >= 11 is 0. The molecule has 4 bridgehead atoms. The van der Waals surface area contributed by atoms with Crippen molar-refractivity contribution in [1.82, 2.24) is 0 Å². The summed E-state index contributed by atoms with van der Waals surface area (Å²) < 4.78 is 0. The van der Waals surface area contributed by atoms with Crippen LogP contribution in [0.15, 0.2) is 42.0 Å². The van der Waals surface area contributed by atoms with E-state index in [0.29, 0.717) is 5.41 Å². The predicted octanol–water partition coefficient (Wildman–Crippen LogP) is 5.74. The minimum atomic E-state index is 0.362. The third-order valence-electron chi connectivity index (χ3n) is 7.40. The molecule has 0 heteroatoms. The van der Waals surface area contributed by atoms with E-state index in [0.717, 1.165) is 23.7 Å². The highest BCUT2D eigenvalue weighted by Crippen LogP contribution is 2.69. The maximum atomic E-state index is 2.46. The lowest BCUT2D eigenvalue weighted by molar-refractivity contribution is -0.0400. The van der Waals surface area contributed by atoms with Gasteiger partial charge in [-0.2, -0.15) is 0 Å². The lowest BCUT2D eigenvalue weighted by atomic mass is 9.43. The Bertz CT molecular complexity index is 660. The molecule has 0 unspecified atom stereocenters. The van der Waals surface area contributed by atoms with Gasteiger partial charge in [0.1, 0.15) is 0 Å². The number of allylic oxidation sites excluding steroid dienone is 4. The van der Waals surface area contributed by atoms with Crippen LogP contribution < -0.4 is 0 Å². The summed E-state index contributed by atoms with van der Waals surface area (Å²) in [5, 5.41) is 0. The lowest BCUT2D eigenvalue weighted by Crippen LogP contribution is -2.55. The van der Waals surface area contributed by atoms with E-state index in [-0.39, 0.29) is 0 Å². The van der Waals surface area contributed by atoms with Crippen LogP contribution in [0.25, 0.3) is 5.57 Å². The van der Waals surface area contributed by atoms with E-state index in [1.54, 1.807) is 11.1 Å². The first-order chi connectivity index (χ1) is 10.8. The van der Waals surface area contributed by atoms with Crippen molar-refractivity contribution in [2.24, 2.45) is 23.7 Å². The first kappa shape index (κ1) is 13.2. The van der Waals surface area contributed by atoms with Crippen LogP contribution in [0.3, 0.4) is 0 Å². The minimum absolute atomic E-state index is 0.362. The molecular weight excluding hydrogens is 264 g/mol. The summed E-state index contributed by atoms with van der Waals surface area (Å²) in [5.74, 6) is 3.86. The molecule has 4 saturated carbocycles. The van der Waals surface area contributed by atoms with Crippen LogP contribution in [-0.4, -0.2) is 0 Å². The Hall–Kier alpha value is -1.30. The van der Waals surface area contributed by atoms with Crippen LogP contribution in [0.5, 0.6) is 0 Å². The van der Waals surface area contributed by atoms with Crippen LogP contribution in [-0.2, 0) is 5.41 Å². The molecule has 0 radical (unpaired) electrons. The number of hydrogen-bond donors (Lipinski definition) is 0. The number of hydrogen-bond acceptors (Lipinski definition) is 0. The third kappa shape index (κ3) is 1.36. The van der Waals surface area contributed by atoms with Gasteiger partial charge in [0.25, 0.3) is 0 Å². The number of rotatable bonds is 0. The van der Waals surface area contributed by atoms with Crippen LogP contribution in [0, 0.1) is 23.7 Å². The highest BCUT2D eigenvalue weighted by atomic mass is 14.6. The minimum Gasteiger partial charge on any atom is -0.0829 e. The molecule has 22 heavy (non-hydrogen) atoms. The van der Waals surface area contributed by atoms with E-state index in [1.165, 1.54) is 43.2 Å². The lowest BCUT2D eigenvalue weighted by Gasteiger charge is -2.61. The Morgan fingerprint density at radius 3 is 2.09 bits per heavy atom. The second kappa shape index (κ2) is 4.37. The molecule has 114 valence electrons. The van der Waals surface area contributed by atoms with Crippen molar-refractivity contribution in [3.8, 4) is 0 Å². The van der Waals surface area contributed by atoms with Gasteiger partial charge in [-0.3, -0.25) is 0 Å². The van der Waals surface area contributed by atoms with Gasteiger partial charge in [-0.1, -0.05) is 36.4 Å². The fourth-order valence-corrected chi connectivity index (χ4v) is 7.10. The van der Waals surface area contributed by atoms with Crippen LogP contribution >= 0.6 is 0 Å². The molecule has 1 spiro atoms. The molecule has 0 amide bonds. The molecule has 0 aliphatic heterocycles. The Morgan fingerprint density at radius 2 is 1.50 bits per heavy atom. The van der Waals surface area contributed by atoms with Gasteiger partial charge in [-0.25, -0.2) is 0 Å². The molecular formula is C22H26. The van der Waals surface area contributed by atoms with Gasteiger partial charge >= 0.3 is 0 Å². The Labute approximate surface area is 134 Å². The largest absolute Gasteiger partial charge is 0.0829 e. The van der Waals surface area contributed by atoms with Gasteiger partial charge in [0.2, 0.25) is 0 Å². The SMILES string of the molecule is CC=C1/C(=C\C)c2ccccc2C12C1CC3CC(C1)CC2C3. The van der Waals surface area contributed by atoms with Crippen molar-refractivity contribution >= 4 is 5.57 Å². The normalized spacial score (nSPS) is 45.2. The van der Waals surface area contributed by atoms with Crippen LogP contribution in [0.2, 0.25) is 0 Å². The molecule has 0 atom stereocenters. The van der Waals surface area contributed by atoms with Crippen molar-refractivity contribution in [3.63, 3.8) is 0 Å². The van der Waals surface area contributed by atoms with Gasteiger partial charge in [0.05, 0.1) is 0 Å². The van der Waals surface area contributed by atoms with Gasteiger partial charge in [-0.15, -0.1) is 0 Å². The van der Waals surface area contributed by atoms with Crippen LogP contribution in [0.1, 0.15) is 57.1 Å². The summed E-state index contributed by atoms with van der Waals surface area (Å²) in [6.07, 6.45) is 12.3. The van der Waals surface area contributed by atoms with Crippen molar-refractivity contribution in [2.45, 2.75) is 51.4 Å².